The van der Waals surface area contributed by atoms with Crippen LogP contribution in [0.15, 0.2) is 59.6 Å². The number of nitrogens with zero attached hydrogens (tertiary/aromatic N) is 9. The standard InChI is InChI=1S/C48H52Cl2N10O6S/c1-26-27(2)67-47-40(26)42(30-4-8-31(49)9-5-30)51-36(46-56-55-28(3)60(46)47)23-39(62)59-18-16-58(17-19-59)32-12-14-57(15-13-32)20-21-63-33-10-6-29(7-11-33)41-34(50)22-35-45(53-41)54-48(52-35)66-38-25-65-43-37(61)24-64-44(38)43/h4-11,22,32,36-38,43-44,61H,12-21,23-25H2,1-3H3,(H,52,53,54)/t36-,37+,38+,43+,44+/m0/s1. The lowest BCUT2D eigenvalue weighted by molar-refractivity contribution is -0.133. The fourth-order valence-electron chi connectivity index (χ4n) is 10.1. The number of hydrogen-bond acceptors (Lipinski definition) is 14. The van der Waals surface area contributed by atoms with Gasteiger partial charge in [-0.25, -0.2) is 4.98 Å². The molecule has 0 unspecified atom stereocenters. The molecule has 5 aliphatic heterocycles. The predicted molar refractivity (Wildman–Crippen MR) is 255 cm³/mol. The van der Waals surface area contributed by atoms with Gasteiger partial charge in [0.25, 0.3) is 6.01 Å². The Hall–Kier alpha value is -4.98. The van der Waals surface area contributed by atoms with Crippen molar-refractivity contribution in [3.8, 4) is 28.0 Å². The summed E-state index contributed by atoms with van der Waals surface area (Å²) in [6.07, 6.45) is 0.613. The van der Waals surface area contributed by atoms with E-state index in [1.54, 1.807) is 17.4 Å². The molecule has 19 heteroatoms. The Morgan fingerprint density at radius 1 is 0.910 bits per heavy atom. The molecular formula is C48H52Cl2N10O6S. The number of hydrogen-bond donors (Lipinski definition) is 2. The minimum Gasteiger partial charge on any atom is -0.492 e. The van der Waals surface area contributed by atoms with Crippen molar-refractivity contribution >= 4 is 57.3 Å². The Bertz CT molecular complexity index is 2820. The summed E-state index contributed by atoms with van der Waals surface area (Å²) in [4.78, 5) is 40.1. The average molecular weight is 968 g/mol. The third kappa shape index (κ3) is 8.73. The van der Waals surface area contributed by atoms with Crippen LogP contribution in [0.5, 0.6) is 11.8 Å². The number of aliphatic hydroxyl groups is 1. The van der Waals surface area contributed by atoms with Crippen LogP contribution < -0.4 is 9.47 Å². The number of pyridine rings is 1. The van der Waals surface area contributed by atoms with Crippen molar-refractivity contribution in [2.45, 2.75) is 76.5 Å². The number of amides is 1. The molecule has 16 nitrogen and oxygen atoms in total. The maximum Gasteiger partial charge on any atom is 0.296 e. The van der Waals surface area contributed by atoms with Crippen molar-refractivity contribution < 1.29 is 28.8 Å². The van der Waals surface area contributed by atoms with Gasteiger partial charge in [0, 0.05) is 65.4 Å². The summed E-state index contributed by atoms with van der Waals surface area (Å²) in [6.45, 7) is 13.3. The number of H-pyrrole nitrogens is 1. The number of aliphatic imine (C=N–C) groups is 1. The van der Waals surface area contributed by atoms with Gasteiger partial charge < -0.3 is 33.9 Å². The second-order valence-corrected chi connectivity index (χ2v) is 20.1. The molecule has 4 saturated heterocycles. The number of imidazole rings is 1. The number of aromatic nitrogens is 6. The summed E-state index contributed by atoms with van der Waals surface area (Å²) in [5.74, 6) is 2.35. The van der Waals surface area contributed by atoms with E-state index in [1.807, 2.05) is 60.4 Å². The van der Waals surface area contributed by atoms with Crippen LogP contribution in [0.1, 0.15) is 58.5 Å². The Kier molecular flexibility index (Phi) is 12.3. The van der Waals surface area contributed by atoms with E-state index in [-0.39, 0.29) is 31.1 Å². The third-order valence-corrected chi connectivity index (χ3v) is 15.7. The summed E-state index contributed by atoms with van der Waals surface area (Å²) >= 11 is 14.7. The molecule has 9 heterocycles. The van der Waals surface area contributed by atoms with Gasteiger partial charge in [-0.05, 0) is 94.7 Å². The number of aliphatic hydroxyl groups excluding tert-OH is 1. The predicted octanol–water partition coefficient (Wildman–Crippen LogP) is 6.37. The zero-order chi connectivity index (χ0) is 45.9. The molecule has 0 spiro atoms. The number of halogens is 2. The number of carbonyl (C=O) groups is 1. The van der Waals surface area contributed by atoms with E-state index in [0.717, 1.165) is 84.5 Å². The quantitative estimate of drug-likeness (QED) is 0.147. The number of aryl methyl sites for hydroxylation is 2. The van der Waals surface area contributed by atoms with Gasteiger partial charge in [-0.2, -0.15) is 4.98 Å². The monoisotopic (exact) mass is 966 g/mol. The van der Waals surface area contributed by atoms with Gasteiger partial charge in [0.15, 0.2) is 17.6 Å². The molecule has 0 aliphatic carbocycles. The van der Waals surface area contributed by atoms with E-state index in [2.05, 4.69) is 48.4 Å². The molecule has 2 aromatic carbocycles. The van der Waals surface area contributed by atoms with Gasteiger partial charge in [0.05, 0.1) is 41.6 Å². The SMILES string of the molecule is Cc1sc2c(c1C)C(c1ccc(Cl)cc1)=N[C@@H](CC(=O)N1CCN(C3CCN(CCOc4ccc(-c5nc6nc(O[C@@H]7CO[C@H]8[C@@H]7OC[C@H]8O)[nH]c6cc5Cl)cc4)CC3)CC1)c1nnc(C)n1-2. The maximum atomic E-state index is 14.1. The summed E-state index contributed by atoms with van der Waals surface area (Å²) in [6, 6.07) is 17.7. The van der Waals surface area contributed by atoms with Gasteiger partial charge in [0.2, 0.25) is 5.91 Å². The first-order valence-electron chi connectivity index (χ1n) is 23.0. The molecule has 0 saturated carbocycles. The van der Waals surface area contributed by atoms with Crippen molar-refractivity contribution in [3.05, 3.63) is 97.9 Å². The molecule has 1 amide bonds. The van der Waals surface area contributed by atoms with Crippen molar-refractivity contribution in [2.75, 3.05) is 65.6 Å². The Morgan fingerprint density at radius 3 is 2.43 bits per heavy atom. The Balaban J connectivity index is 0.650. The fourth-order valence-corrected chi connectivity index (χ4v) is 11.7. The topological polar surface area (TPSA) is 169 Å². The highest BCUT2D eigenvalue weighted by molar-refractivity contribution is 7.15. The number of benzene rings is 2. The van der Waals surface area contributed by atoms with Crippen LogP contribution in [0.3, 0.4) is 0 Å². The molecule has 350 valence electrons. The second kappa shape index (κ2) is 18.5. The van der Waals surface area contributed by atoms with E-state index in [1.165, 1.54) is 10.4 Å². The number of thiophene rings is 1. The van der Waals surface area contributed by atoms with Crippen molar-refractivity contribution in [3.63, 3.8) is 0 Å². The highest BCUT2D eigenvalue weighted by Crippen LogP contribution is 2.40. The van der Waals surface area contributed by atoms with Gasteiger partial charge in [-0.1, -0.05) is 35.3 Å². The highest BCUT2D eigenvalue weighted by Gasteiger charge is 2.49. The first-order valence-corrected chi connectivity index (χ1v) is 24.6. The largest absolute Gasteiger partial charge is 0.492 e. The zero-order valence-electron chi connectivity index (χ0n) is 37.5. The lowest BCUT2D eigenvalue weighted by Crippen LogP contribution is -2.54. The molecule has 0 bridgehead atoms. The number of rotatable bonds is 11. The molecule has 5 aliphatic rings. The number of carbonyl (C=O) groups excluding carboxylic acids is 1. The lowest BCUT2D eigenvalue weighted by atomic mass is 9.99. The summed E-state index contributed by atoms with van der Waals surface area (Å²) < 4.78 is 25.7. The number of nitrogens with one attached hydrogen (secondary N) is 1. The molecule has 67 heavy (non-hydrogen) atoms. The number of piperazine rings is 1. The number of fused-ring (bicyclic) bond motifs is 5. The smallest absolute Gasteiger partial charge is 0.296 e. The van der Waals surface area contributed by atoms with Gasteiger partial charge in [0.1, 0.15) is 47.5 Å². The summed E-state index contributed by atoms with van der Waals surface area (Å²) in [5.41, 5.74) is 6.64. The zero-order valence-corrected chi connectivity index (χ0v) is 39.9. The van der Waals surface area contributed by atoms with Crippen molar-refractivity contribution in [1.29, 1.82) is 0 Å². The molecule has 6 aromatic rings. The molecular weight excluding hydrogens is 916 g/mol. The van der Waals surface area contributed by atoms with Crippen molar-refractivity contribution in [2.24, 2.45) is 4.99 Å². The van der Waals surface area contributed by atoms with E-state index < -0.39 is 18.2 Å². The highest BCUT2D eigenvalue weighted by atomic mass is 35.5. The summed E-state index contributed by atoms with van der Waals surface area (Å²) in [7, 11) is 0. The second-order valence-electron chi connectivity index (χ2n) is 18.0. The van der Waals surface area contributed by atoms with Crippen LogP contribution in [0, 0.1) is 20.8 Å². The maximum absolute atomic E-state index is 14.1. The first kappa shape index (κ1) is 44.5. The van der Waals surface area contributed by atoms with E-state index in [4.69, 9.17) is 52.1 Å². The van der Waals surface area contributed by atoms with E-state index >= 15 is 0 Å². The molecule has 0 radical (unpaired) electrons. The van der Waals surface area contributed by atoms with Gasteiger partial charge >= 0.3 is 0 Å². The number of ether oxygens (including phenoxy) is 4. The van der Waals surface area contributed by atoms with Gasteiger partial charge in [-0.15, -0.1) is 21.5 Å². The molecule has 4 aromatic heterocycles. The Labute approximate surface area is 401 Å². The van der Waals surface area contributed by atoms with Crippen molar-refractivity contribution in [1.82, 2.24) is 44.4 Å². The van der Waals surface area contributed by atoms with Crippen LogP contribution in [0.25, 0.3) is 27.4 Å². The minimum absolute atomic E-state index is 0.0895. The first-order chi connectivity index (χ1) is 32.5. The average Bonchev–Trinajstić information content (AvgIpc) is 4.15. The van der Waals surface area contributed by atoms with Crippen LogP contribution in [-0.2, 0) is 14.3 Å². The van der Waals surface area contributed by atoms with Crippen LogP contribution >= 0.6 is 34.5 Å². The molecule has 11 rings (SSSR count). The van der Waals surface area contributed by atoms with E-state index in [9.17, 15) is 9.90 Å². The minimum atomic E-state index is -0.654. The Morgan fingerprint density at radius 2 is 1.66 bits per heavy atom. The number of likely N-dealkylation sites (tertiary alicyclic amines) is 1. The fraction of sp³-hybridized carbons (Fsp3) is 0.458. The summed E-state index contributed by atoms with van der Waals surface area (Å²) in [5, 5.41) is 21.3. The van der Waals surface area contributed by atoms with Crippen LogP contribution in [-0.4, -0.2) is 157 Å². The van der Waals surface area contributed by atoms with E-state index in [0.29, 0.717) is 71.1 Å². The lowest BCUT2D eigenvalue weighted by Gasteiger charge is -2.42. The normalized spacial score (nSPS) is 23.5. The third-order valence-electron chi connectivity index (χ3n) is 13.9. The number of aromatic amines is 1. The molecule has 4 fully saturated rings. The van der Waals surface area contributed by atoms with Crippen LogP contribution in [0.4, 0.5) is 0 Å². The number of piperidine rings is 1. The molecule has 5 atom stereocenters. The van der Waals surface area contributed by atoms with Gasteiger partial charge in [-0.3, -0.25) is 24.2 Å². The molecule has 2 N–H and O–H groups in total. The van der Waals surface area contributed by atoms with Crippen LogP contribution in [0.2, 0.25) is 10.0 Å².